The van der Waals surface area contributed by atoms with E-state index < -0.39 is 5.97 Å². The average molecular weight is 351 g/mol. The number of hydrogen-bond acceptors (Lipinski definition) is 4. The summed E-state index contributed by atoms with van der Waals surface area (Å²) < 4.78 is 1.84. The molecule has 132 valence electrons. The Hall–Kier alpha value is -1.89. The third kappa shape index (κ3) is 4.56. The molecular formula is C17H25N3O3S. The number of aryl methyl sites for hydroxylation is 1. The van der Waals surface area contributed by atoms with Crippen molar-refractivity contribution in [3.05, 3.63) is 16.6 Å². The molecule has 2 N–H and O–H groups in total. The molecule has 0 fully saturated rings. The van der Waals surface area contributed by atoms with Gasteiger partial charge < -0.3 is 10.4 Å². The van der Waals surface area contributed by atoms with Gasteiger partial charge in [0, 0.05) is 25.4 Å². The van der Waals surface area contributed by atoms with Gasteiger partial charge in [0.25, 0.3) is 5.91 Å². The van der Waals surface area contributed by atoms with Gasteiger partial charge in [-0.2, -0.15) is 5.10 Å². The van der Waals surface area contributed by atoms with E-state index in [2.05, 4.69) is 24.3 Å². The van der Waals surface area contributed by atoms with Gasteiger partial charge in [0.1, 0.15) is 4.83 Å². The molecule has 2 heterocycles. The van der Waals surface area contributed by atoms with Crippen LogP contribution < -0.4 is 5.32 Å². The van der Waals surface area contributed by atoms with E-state index in [1.54, 1.807) is 0 Å². The molecule has 0 aliphatic carbocycles. The van der Waals surface area contributed by atoms with Gasteiger partial charge >= 0.3 is 5.97 Å². The molecule has 1 amide bonds. The SMILES string of the molecule is CC(C)c1nn(C)c2sc(C(=O)NCCCCCCC(=O)O)cc12. The maximum atomic E-state index is 12.3. The minimum Gasteiger partial charge on any atom is -0.481 e. The van der Waals surface area contributed by atoms with Crippen LogP contribution in [0.15, 0.2) is 6.07 Å². The van der Waals surface area contributed by atoms with E-state index in [9.17, 15) is 9.59 Å². The summed E-state index contributed by atoms with van der Waals surface area (Å²) in [5.41, 5.74) is 1.03. The molecule has 0 aromatic carbocycles. The summed E-state index contributed by atoms with van der Waals surface area (Å²) in [5, 5.41) is 17.1. The molecule has 0 aliphatic heterocycles. The number of carboxylic acids is 1. The van der Waals surface area contributed by atoms with Crippen LogP contribution in [0, 0.1) is 0 Å². The van der Waals surface area contributed by atoms with E-state index in [4.69, 9.17) is 5.11 Å². The second-order valence-corrected chi connectivity index (χ2v) is 7.34. The molecule has 2 aromatic heterocycles. The third-order valence-corrected chi connectivity index (χ3v) is 5.11. The maximum absolute atomic E-state index is 12.3. The summed E-state index contributed by atoms with van der Waals surface area (Å²) in [6.45, 7) is 4.82. The molecule has 6 nitrogen and oxygen atoms in total. The van der Waals surface area contributed by atoms with Crippen LogP contribution in [-0.2, 0) is 11.8 Å². The molecule has 7 heteroatoms. The predicted molar refractivity (Wildman–Crippen MR) is 95.7 cm³/mol. The number of aliphatic carboxylic acids is 1. The van der Waals surface area contributed by atoms with Crippen molar-refractivity contribution in [3.63, 3.8) is 0 Å². The lowest BCUT2D eigenvalue weighted by molar-refractivity contribution is -0.137. The number of carbonyl (C=O) groups excluding carboxylic acids is 1. The Morgan fingerprint density at radius 1 is 1.29 bits per heavy atom. The van der Waals surface area contributed by atoms with Crippen LogP contribution >= 0.6 is 11.3 Å². The van der Waals surface area contributed by atoms with Crippen molar-refractivity contribution >= 4 is 33.4 Å². The number of thiophene rings is 1. The van der Waals surface area contributed by atoms with Crippen molar-refractivity contribution in [3.8, 4) is 0 Å². The summed E-state index contributed by atoms with van der Waals surface area (Å²) in [6.07, 6.45) is 3.61. The molecule has 2 aromatic rings. The van der Waals surface area contributed by atoms with Crippen LogP contribution in [0.1, 0.15) is 67.2 Å². The zero-order valence-electron chi connectivity index (χ0n) is 14.5. The fourth-order valence-corrected chi connectivity index (χ4v) is 3.64. The molecule has 2 rings (SSSR count). The van der Waals surface area contributed by atoms with Crippen molar-refractivity contribution < 1.29 is 14.7 Å². The lowest BCUT2D eigenvalue weighted by atomic mass is 10.1. The summed E-state index contributed by atoms with van der Waals surface area (Å²) >= 11 is 1.47. The average Bonchev–Trinajstić information content (AvgIpc) is 3.06. The topological polar surface area (TPSA) is 84.2 Å². The number of aromatic nitrogens is 2. The molecule has 0 radical (unpaired) electrons. The van der Waals surface area contributed by atoms with E-state index in [0.717, 1.165) is 35.2 Å². The quantitative estimate of drug-likeness (QED) is 0.677. The fourth-order valence-electron chi connectivity index (χ4n) is 2.65. The number of unbranched alkanes of at least 4 members (excludes halogenated alkanes) is 3. The third-order valence-electron chi connectivity index (χ3n) is 3.91. The van der Waals surface area contributed by atoms with Gasteiger partial charge in [-0.05, 0) is 24.8 Å². The van der Waals surface area contributed by atoms with Crippen LogP contribution in [0.25, 0.3) is 10.2 Å². The lowest BCUT2D eigenvalue weighted by Gasteiger charge is -2.03. The molecule has 0 saturated heterocycles. The van der Waals surface area contributed by atoms with Crippen LogP contribution in [0.5, 0.6) is 0 Å². The zero-order valence-corrected chi connectivity index (χ0v) is 15.3. The highest BCUT2D eigenvalue weighted by Crippen LogP contribution is 2.31. The van der Waals surface area contributed by atoms with Crippen LogP contribution in [0.3, 0.4) is 0 Å². The monoisotopic (exact) mass is 351 g/mol. The molecule has 0 bridgehead atoms. The maximum Gasteiger partial charge on any atom is 0.303 e. The minimum absolute atomic E-state index is 0.0450. The number of nitrogens with zero attached hydrogens (tertiary/aromatic N) is 2. The molecule has 24 heavy (non-hydrogen) atoms. The highest BCUT2D eigenvalue weighted by Gasteiger charge is 2.18. The second-order valence-electron chi connectivity index (χ2n) is 6.31. The van der Waals surface area contributed by atoms with E-state index in [1.807, 2.05) is 17.8 Å². The van der Waals surface area contributed by atoms with Gasteiger partial charge in [0.2, 0.25) is 0 Å². The van der Waals surface area contributed by atoms with Gasteiger partial charge in [0.05, 0.1) is 10.6 Å². The van der Waals surface area contributed by atoms with E-state index >= 15 is 0 Å². The van der Waals surface area contributed by atoms with Crippen LogP contribution in [-0.4, -0.2) is 33.3 Å². The summed E-state index contributed by atoms with van der Waals surface area (Å²) in [4.78, 5) is 24.4. The number of carbonyl (C=O) groups is 2. The van der Waals surface area contributed by atoms with Crippen molar-refractivity contribution in [1.29, 1.82) is 0 Å². The number of rotatable bonds is 9. The Bertz CT molecular complexity index is 718. The highest BCUT2D eigenvalue weighted by atomic mass is 32.1. The van der Waals surface area contributed by atoms with Crippen molar-refractivity contribution in [2.45, 2.75) is 51.9 Å². The Kier molecular flexibility index (Phi) is 6.36. The predicted octanol–water partition coefficient (Wildman–Crippen LogP) is 3.52. The first-order chi connectivity index (χ1) is 11.4. The van der Waals surface area contributed by atoms with Crippen LogP contribution in [0.4, 0.5) is 0 Å². The Balaban J connectivity index is 1.84. The van der Waals surface area contributed by atoms with Gasteiger partial charge in [-0.1, -0.05) is 26.7 Å². The number of hydrogen-bond donors (Lipinski definition) is 2. The van der Waals surface area contributed by atoms with Gasteiger partial charge in [-0.25, -0.2) is 0 Å². The molecule has 0 spiro atoms. The molecule has 0 aliphatic rings. The van der Waals surface area contributed by atoms with E-state index in [0.29, 0.717) is 23.8 Å². The second kappa shape index (κ2) is 8.28. The lowest BCUT2D eigenvalue weighted by Crippen LogP contribution is -2.23. The van der Waals surface area contributed by atoms with Gasteiger partial charge in [0.15, 0.2) is 0 Å². The van der Waals surface area contributed by atoms with Gasteiger partial charge in [-0.3, -0.25) is 14.3 Å². The smallest absolute Gasteiger partial charge is 0.303 e. The Labute approximate surface area is 145 Å². The zero-order chi connectivity index (χ0) is 17.7. The molecular weight excluding hydrogens is 326 g/mol. The minimum atomic E-state index is -0.747. The van der Waals surface area contributed by atoms with Crippen LogP contribution in [0.2, 0.25) is 0 Å². The van der Waals surface area contributed by atoms with Gasteiger partial charge in [-0.15, -0.1) is 11.3 Å². The van der Waals surface area contributed by atoms with Crippen molar-refractivity contribution in [1.82, 2.24) is 15.1 Å². The van der Waals surface area contributed by atoms with Crippen molar-refractivity contribution in [2.75, 3.05) is 6.54 Å². The fraction of sp³-hybridized carbons (Fsp3) is 0.588. The highest BCUT2D eigenvalue weighted by molar-refractivity contribution is 7.20. The Morgan fingerprint density at radius 2 is 2.00 bits per heavy atom. The molecule has 0 saturated carbocycles. The first-order valence-electron chi connectivity index (χ1n) is 8.36. The first kappa shape index (κ1) is 18.4. The normalized spacial score (nSPS) is 11.3. The number of nitrogens with one attached hydrogen (secondary N) is 1. The largest absolute Gasteiger partial charge is 0.481 e. The summed E-state index contributed by atoms with van der Waals surface area (Å²) in [6, 6.07) is 1.94. The summed E-state index contributed by atoms with van der Waals surface area (Å²) in [7, 11) is 1.91. The standard InChI is InChI=1S/C17H25N3O3S/c1-11(2)15-12-10-13(24-17(12)20(3)19-15)16(23)18-9-7-5-4-6-8-14(21)22/h10-11H,4-9H2,1-3H3,(H,18,23)(H,21,22). The Morgan fingerprint density at radius 3 is 2.67 bits per heavy atom. The summed E-state index contributed by atoms with van der Waals surface area (Å²) in [5.74, 6) is -0.468. The number of amides is 1. The van der Waals surface area contributed by atoms with E-state index in [-0.39, 0.29) is 12.3 Å². The first-order valence-corrected chi connectivity index (χ1v) is 9.18. The van der Waals surface area contributed by atoms with Crippen molar-refractivity contribution in [2.24, 2.45) is 7.05 Å². The number of carboxylic acid groups (broad SMARTS) is 1. The number of fused-ring (bicyclic) bond motifs is 1. The van der Waals surface area contributed by atoms with E-state index in [1.165, 1.54) is 11.3 Å². The molecule has 0 atom stereocenters. The molecule has 0 unspecified atom stereocenters.